The van der Waals surface area contributed by atoms with E-state index in [1.807, 2.05) is 0 Å². The van der Waals surface area contributed by atoms with Crippen molar-refractivity contribution in [1.29, 1.82) is 0 Å². The topological polar surface area (TPSA) is 66.5 Å². The fourth-order valence-electron chi connectivity index (χ4n) is 2.48. The lowest BCUT2D eigenvalue weighted by Gasteiger charge is -2.30. The van der Waals surface area contributed by atoms with Crippen LogP contribution in [0, 0.1) is 11.6 Å². The van der Waals surface area contributed by atoms with Gasteiger partial charge in [0.2, 0.25) is 15.9 Å². The van der Waals surface area contributed by atoms with Crippen molar-refractivity contribution in [2.75, 3.05) is 15.9 Å². The first-order chi connectivity index (χ1) is 12.5. The van der Waals surface area contributed by atoms with Gasteiger partial charge in [0.15, 0.2) is 0 Å². The maximum atomic E-state index is 13.4. The van der Waals surface area contributed by atoms with Crippen molar-refractivity contribution in [3.05, 3.63) is 58.1 Å². The molecule has 0 unspecified atom stereocenters. The number of hydrogen-bond acceptors (Lipinski definition) is 3. The summed E-state index contributed by atoms with van der Waals surface area (Å²) in [6.45, 7) is 1.62. The molecule has 146 valence electrons. The molecular weight excluding hydrogens is 421 g/mol. The van der Waals surface area contributed by atoms with Crippen LogP contribution < -0.4 is 9.62 Å². The van der Waals surface area contributed by atoms with E-state index in [2.05, 4.69) is 5.32 Å². The molecule has 0 spiro atoms. The number of benzene rings is 2. The molecule has 10 heteroatoms. The van der Waals surface area contributed by atoms with E-state index in [-0.39, 0.29) is 27.8 Å². The molecular formula is C17H16Cl2F2N2O3S. The zero-order chi connectivity index (χ0) is 20.4. The summed E-state index contributed by atoms with van der Waals surface area (Å²) in [6.07, 6.45) is 1.04. The van der Waals surface area contributed by atoms with Gasteiger partial charge in [0.25, 0.3) is 0 Å². The standard InChI is InChI=1S/C17H16Cl2F2N2O3S/c1-3-16(17(24)22-10-4-6-14(20)12(18)8-10)23(27(2,25)26)11-5-7-15(21)13(19)9-11/h4-9,16H,3H2,1-2H3,(H,22,24)/t16-/m0/s1. The summed E-state index contributed by atoms with van der Waals surface area (Å²) in [4.78, 5) is 12.7. The van der Waals surface area contributed by atoms with Crippen molar-refractivity contribution in [2.24, 2.45) is 0 Å². The molecule has 0 saturated carbocycles. The van der Waals surface area contributed by atoms with E-state index in [4.69, 9.17) is 23.2 Å². The van der Waals surface area contributed by atoms with Gasteiger partial charge in [0.1, 0.15) is 17.7 Å². The maximum absolute atomic E-state index is 13.4. The highest BCUT2D eigenvalue weighted by molar-refractivity contribution is 7.92. The van der Waals surface area contributed by atoms with Gasteiger partial charge in [-0.25, -0.2) is 17.2 Å². The van der Waals surface area contributed by atoms with Crippen molar-refractivity contribution >= 4 is 50.5 Å². The molecule has 0 fully saturated rings. The number of carbonyl (C=O) groups excluding carboxylic acids is 1. The number of carbonyl (C=O) groups is 1. The Kier molecular flexibility index (Phi) is 6.67. The highest BCUT2D eigenvalue weighted by atomic mass is 35.5. The van der Waals surface area contributed by atoms with Crippen molar-refractivity contribution in [3.63, 3.8) is 0 Å². The van der Waals surface area contributed by atoms with Crippen LogP contribution in [0.2, 0.25) is 10.0 Å². The molecule has 0 radical (unpaired) electrons. The van der Waals surface area contributed by atoms with Crippen LogP contribution in [0.15, 0.2) is 36.4 Å². The van der Waals surface area contributed by atoms with Crippen LogP contribution >= 0.6 is 23.2 Å². The summed E-state index contributed by atoms with van der Waals surface area (Å²) >= 11 is 11.4. The van der Waals surface area contributed by atoms with E-state index >= 15 is 0 Å². The molecule has 27 heavy (non-hydrogen) atoms. The Bertz CT molecular complexity index is 971. The second kappa shape index (κ2) is 8.41. The van der Waals surface area contributed by atoms with Gasteiger partial charge < -0.3 is 5.32 Å². The van der Waals surface area contributed by atoms with Gasteiger partial charge in [-0.1, -0.05) is 30.1 Å². The largest absolute Gasteiger partial charge is 0.324 e. The normalized spacial score (nSPS) is 12.5. The van der Waals surface area contributed by atoms with Gasteiger partial charge in [-0.05, 0) is 42.8 Å². The highest BCUT2D eigenvalue weighted by Gasteiger charge is 2.32. The number of nitrogens with zero attached hydrogens (tertiary/aromatic N) is 1. The van der Waals surface area contributed by atoms with Gasteiger partial charge in [0.05, 0.1) is 22.0 Å². The van der Waals surface area contributed by atoms with Crippen molar-refractivity contribution < 1.29 is 22.0 Å². The first-order valence-corrected chi connectivity index (χ1v) is 10.4. The average molecular weight is 437 g/mol. The van der Waals surface area contributed by atoms with E-state index in [9.17, 15) is 22.0 Å². The van der Waals surface area contributed by atoms with Crippen LogP contribution in [0.5, 0.6) is 0 Å². The summed E-state index contributed by atoms with van der Waals surface area (Å²) in [5.74, 6) is -2.03. The fraction of sp³-hybridized carbons (Fsp3) is 0.235. The molecule has 0 saturated heterocycles. The van der Waals surface area contributed by atoms with Gasteiger partial charge in [-0.3, -0.25) is 9.10 Å². The monoisotopic (exact) mass is 436 g/mol. The second-order valence-corrected chi connectivity index (χ2v) is 8.37. The van der Waals surface area contributed by atoms with Crippen LogP contribution in [0.25, 0.3) is 0 Å². The Hall–Kier alpha value is -1.90. The SMILES string of the molecule is CC[C@@H](C(=O)Nc1ccc(F)c(Cl)c1)N(c1ccc(F)c(Cl)c1)S(C)(=O)=O. The quantitative estimate of drug-likeness (QED) is 0.726. The van der Waals surface area contributed by atoms with Gasteiger partial charge in [-0.15, -0.1) is 0 Å². The smallest absolute Gasteiger partial charge is 0.248 e. The molecule has 0 aliphatic heterocycles. The van der Waals surface area contributed by atoms with E-state index in [0.29, 0.717) is 0 Å². The average Bonchev–Trinajstić information content (AvgIpc) is 2.57. The van der Waals surface area contributed by atoms with E-state index in [1.54, 1.807) is 6.92 Å². The van der Waals surface area contributed by atoms with Crippen LogP contribution in [0.3, 0.4) is 0 Å². The van der Waals surface area contributed by atoms with Crippen LogP contribution in [0.1, 0.15) is 13.3 Å². The van der Waals surface area contributed by atoms with E-state index in [1.165, 1.54) is 18.2 Å². The third kappa shape index (κ3) is 5.09. The summed E-state index contributed by atoms with van der Waals surface area (Å²) < 4.78 is 52.2. The number of anilines is 2. The Labute approximate surface area is 165 Å². The second-order valence-electron chi connectivity index (χ2n) is 5.70. The van der Waals surface area contributed by atoms with Crippen LogP contribution in [-0.4, -0.2) is 26.6 Å². The summed E-state index contributed by atoms with van der Waals surface area (Å²) in [5, 5.41) is 2.04. The first-order valence-electron chi connectivity index (χ1n) is 7.75. The lowest BCUT2D eigenvalue weighted by molar-refractivity contribution is -0.117. The number of amides is 1. The molecule has 0 aliphatic carbocycles. The number of nitrogens with one attached hydrogen (secondary N) is 1. The minimum Gasteiger partial charge on any atom is -0.324 e. The first kappa shape index (κ1) is 21.4. The summed E-state index contributed by atoms with van der Waals surface area (Å²) in [5.41, 5.74) is 0.249. The molecule has 5 nitrogen and oxygen atoms in total. The summed E-state index contributed by atoms with van der Waals surface area (Å²) in [6, 6.07) is 5.79. The molecule has 0 heterocycles. The lowest BCUT2D eigenvalue weighted by atomic mass is 10.1. The van der Waals surface area contributed by atoms with Gasteiger partial charge in [0, 0.05) is 5.69 Å². The fourth-order valence-corrected chi connectivity index (χ4v) is 4.04. The molecule has 0 bridgehead atoms. The minimum atomic E-state index is -3.91. The number of hydrogen-bond donors (Lipinski definition) is 1. The Morgan fingerprint density at radius 2 is 1.67 bits per heavy atom. The van der Waals surface area contributed by atoms with E-state index < -0.39 is 33.6 Å². The molecule has 1 amide bonds. The molecule has 1 N–H and O–H groups in total. The number of rotatable bonds is 6. The van der Waals surface area contributed by atoms with E-state index in [0.717, 1.165) is 28.8 Å². The van der Waals surface area contributed by atoms with Crippen LogP contribution in [-0.2, 0) is 14.8 Å². The highest BCUT2D eigenvalue weighted by Crippen LogP contribution is 2.28. The predicted molar refractivity (Wildman–Crippen MR) is 103 cm³/mol. The molecule has 2 aromatic carbocycles. The van der Waals surface area contributed by atoms with Crippen molar-refractivity contribution in [3.8, 4) is 0 Å². The summed E-state index contributed by atoms with van der Waals surface area (Å²) in [7, 11) is -3.91. The molecule has 2 rings (SSSR count). The maximum Gasteiger partial charge on any atom is 0.248 e. The minimum absolute atomic E-state index is 0.0445. The number of sulfonamides is 1. The van der Waals surface area contributed by atoms with Gasteiger partial charge in [-0.2, -0.15) is 0 Å². The Morgan fingerprint density at radius 3 is 2.15 bits per heavy atom. The molecule has 2 aromatic rings. The molecule has 0 aromatic heterocycles. The van der Waals surface area contributed by atoms with Gasteiger partial charge >= 0.3 is 0 Å². The zero-order valence-corrected chi connectivity index (χ0v) is 16.7. The zero-order valence-electron chi connectivity index (χ0n) is 14.3. The van der Waals surface area contributed by atoms with Crippen molar-refractivity contribution in [1.82, 2.24) is 0 Å². The Balaban J connectivity index is 2.40. The number of halogens is 4. The molecule has 1 atom stereocenters. The predicted octanol–water partition coefficient (Wildman–Crippen LogP) is 4.45. The third-order valence-corrected chi connectivity index (χ3v) is 5.43. The Morgan fingerprint density at radius 1 is 1.11 bits per heavy atom. The molecule has 0 aliphatic rings. The third-order valence-electron chi connectivity index (χ3n) is 3.67. The lowest BCUT2D eigenvalue weighted by Crippen LogP contribution is -2.47. The van der Waals surface area contributed by atoms with Crippen molar-refractivity contribution in [2.45, 2.75) is 19.4 Å². The van der Waals surface area contributed by atoms with Crippen LogP contribution in [0.4, 0.5) is 20.2 Å².